The van der Waals surface area contributed by atoms with Crippen LogP contribution in [0.4, 0.5) is 4.39 Å². The van der Waals surface area contributed by atoms with Crippen LogP contribution in [0.5, 0.6) is 0 Å². The van der Waals surface area contributed by atoms with E-state index in [0.717, 1.165) is 5.56 Å². The zero-order valence-corrected chi connectivity index (χ0v) is 7.12. The number of rotatable bonds is 1. The van der Waals surface area contributed by atoms with Crippen molar-refractivity contribution in [3.05, 3.63) is 41.8 Å². The minimum absolute atomic E-state index is 0.281. The number of aromatic nitrogens is 1. The Labute approximate surface area is 75.0 Å². The van der Waals surface area contributed by atoms with Gasteiger partial charge in [0.05, 0.1) is 11.8 Å². The van der Waals surface area contributed by atoms with E-state index in [-0.39, 0.29) is 5.82 Å². The number of aryl methyl sites for hydroxylation is 1. The summed E-state index contributed by atoms with van der Waals surface area (Å²) in [5, 5.41) is 3.52. The van der Waals surface area contributed by atoms with Gasteiger partial charge in [-0.15, -0.1) is 0 Å². The Morgan fingerprint density at radius 3 is 2.77 bits per heavy atom. The molecule has 66 valence electrons. The number of hydrogen-bond acceptors (Lipinski definition) is 2. The Hall–Kier alpha value is -1.64. The summed E-state index contributed by atoms with van der Waals surface area (Å²) < 4.78 is 18.2. The molecule has 2 aromatic rings. The molecule has 0 spiro atoms. The van der Waals surface area contributed by atoms with Gasteiger partial charge in [0.25, 0.3) is 0 Å². The normalized spacial score (nSPS) is 10.3. The molecule has 1 heterocycles. The Bertz CT molecular complexity index is 409. The topological polar surface area (TPSA) is 26.0 Å². The Morgan fingerprint density at radius 2 is 2.15 bits per heavy atom. The summed E-state index contributed by atoms with van der Waals surface area (Å²) in [5.41, 5.74) is 1.34. The van der Waals surface area contributed by atoms with Crippen molar-refractivity contribution in [2.24, 2.45) is 0 Å². The van der Waals surface area contributed by atoms with Gasteiger partial charge in [-0.2, -0.15) is 0 Å². The lowest BCUT2D eigenvalue weighted by Crippen LogP contribution is -1.83. The predicted molar refractivity (Wildman–Crippen MR) is 46.6 cm³/mol. The first-order valence-corrected chi connectivity index (χ1v) is 3.94. The van der Waals surface area contributed by atoms with Crippen molar-refractivity contribution in [2.45, 2.75) is 6.92 Å². The molecule has 1 aromatic carbocycles. The van der Waals surface area contributed by atoms with Gasteiger partial charge in [-0.05, 0) is 24.6 Å². The second-order valence-corrected chi connectivity index (χ2v) is 2.86. The summed E-state index contributed by atoms with van der Waals surface area (Å²) in [6, 6.07) is 6.62. The van der Waals surface area contributed by atoms with Crippen LogP contribution in [0.25, 0.3) is 11.3 Å². The number of nitrogens with zero attached hydrogens (tertiary/aromatic N) is 1. The van der Waals surface area contributed by atoms with Crippen molar-refractivity contribution < 1.29 is 8.91 Å². The summed E-state index contributed by atoms with van der Waals surface area (Å²) in [6.45, 7) is 1.84. The Kier molecular flexibility index (Phi) is 1.85. The fraction of sp³-hybridized carbons (Fsp3) is 0.100. The van der Waals surface area contributed by atoms with Crippen molar-refractivity contribution in [2.75, 3.05) is 0 Å². The van der Waals surface area contributed by atoms with Gasteiger partial charge in [-0.3, -0.25) is 0 Å². The van der Waals surface area contributed by atoms with Gasteiger partial charge in [-0.25, -0.2) is 4.39 Å². The molecule has 13 heavy (non-hydrogen) atoms. The van der Waals surface area contributed by atoms with Crippen molar-refractivity contribution in [3.63, 3.8) is 0 Å². The molecule has 0 atom stereocenters. The van der Waals surface area contributed by atoms with Crippen LogP contribution in [0.15, 0.2) is 35.0 Å². The first kappa shape index (κ1) is 7.98. The van der Waals surface area contributed by atoms with Gasteiger partial charge >= 0.3 is 0 Å². The monoisotopic (exact) mass is 177 g/mol. The van der Waals surface area contributed by atoms with Gasteiger partial charge in [0.15, 0.2) is 5.76 Å². The lowest BCUT2D eigenvalue weighted by atomic mass is 10.1. The summed E-state index contributed by atoms with van der Waals surface area (Å²) in [7, 11) is 0. The van der Waals surface area contributed by atoms with E-state index in [1.807, 2.05) is 13.0 Å². The summed E-state index contributed by atoms with van der Waals surface area (Å²) in [4.78, 5) is 0. The van der Waals surface area contributed by atoms with Crippen LogP contribution >= 0.6 is 0 Å². The van der Waals surface area contributed by atoms with Crippen LogP contribution in [-0.4, -0.2) is 5.16 Å². The third kappa shape index (κ3) is 1.45. The molecule has 0 fully saturated rings. The largest absolute Gasteiger partial charge is 0.356 e. The highest BCUT2D eigenvalue weighted by Crippen LogP contribution is 2.22. The van der Waals surface area contributed by atoms with E-state index in [1.54, 1.807) is 12.1 Å². The molecular formula is C10H8FNO. The molecule has 2 nitrogen and oxygen atoms in total. The van der Waals surface area contributed by atoms with E-state index in [9.17, 15) is 4.39 Å². The van der Waals surface area contributed by atoms with Crippen molar-refractivity contribution in [1.82, 2.24) is 5.16 Å². The third-order valence-corrected chi connectivity index (χ3v) is 1.83. The molecule has 3 heteroatoms. The van der Waals surface area contributed by atoms with Crippen LogP contribution in [-0.2, 0) is 0 Å². The number of halogens is 1. The summed E-state index contributed by atoms with van der Waals surface area (Å²) in [6.07, 6.45) is 1.49. The average molecular weight is 177 g/mol. The van der Waals surface area contributed by atoms with Gasteiger partial charge in [-0.1, -0.05) is 11.2 Å². The Morgan fingerprint density at radius 1 is 1.31 bits per heavy atom. The third-order valence-electron chi connectivity index (χ3n) is 1.83. The molecule has 0 saturated carbocycles. The maximum Gasteiger partial charge on any atom is 0.169 e. The first-order valence-electron chi connectivity index (χ1n) is 3.94. The summed E-state index contributed by atoms with van der Waals surface area (Å²) >= 11 is 0. The molecule has 0 unspecified atom stereocenters. The number of hydrogen-bond donors (Lipinski definition) is 0. The molecule has 0 radical (unpaired) electrons. The Balaban J connectivity index is 2.53. The quantitative estimate of drug-likeness (QED) is 0.669. The maximum atomic E-state index is 13.3. The van der Waals surface area contributed by atoms with E-state index in [4.69, 9.17) is 4.52 Å². The van der Waals surface area contributed by atoms with Crippen molar-refractivity contribution in [1.29, 1.82) is 0 Å². The van der Waals surface area contributed by atoms with E-state index in [2.05, 4.69) is 5.16 Å². The number of benzene rings is 1. The van der Waals surface area contributed by atoms with E-state index < -0.39 is 0 Å². The van der Waals surface area contributed by atoms with Crippen LogP contribution in [0.3, 0.4) is 0 Å². The SMILES string of the molecule is Cc1ccc(-c2ccno2)c(F)c1. The smallest absolute Gasteiger partial charge is 0.169 e. The molecule has 0 aliphatic rings. The zero-order chi connectivity index (χ0) is 9.26. The zero-order valence-electron chi connectivity index (χ0n) is 7.12. The fourth-order valence-corrected chi connectivity index (χ4v) is 1.17. The fourth-order valence-electron chi connectivity index (χ4n) is 1.17. The van der Waals surface area contributed by atoms with Gasteiger partial charge < -0.3 is 4.52 Å². The lowest BCUT2D eigenvalue weighted by Gasteiger charge is -1.98. The molecule has 0 saturated heterocycles. The van der Waals surface area contributed by atoms with E-state index >= 15 is 0 Å². The predicted octanol–water partition coefficient (Wildman–Crippen LogP) is 2.79. The molecule has 0 bridgehead atoms. The second kappa shape index (κ2) is 3.01. The molecule has 2 rings (SSSR count). The van der Waals surface area contributed by atoms with Gasteiger partial charge in [0.1, 0.15) is 5.82 Å². The van der Waals surface area contributed by atoms with Gasteiger partial charge in [0, 0.05) is 6.07 Å². The minimum atomic E-state index is -0.281. The first-order chi connectivity index (χ1) is 6.27. The molecule has 1 aromatic heterocycles. The average Bonchev–Trinajstić information content (AvgIpc) is 2.56. The van der Waals surface area contributed by atoms with Crippen molar-refractivity contribution >= 4 is 0 Å². The van der Waals surface area contributed by atoms with Gasteiger partial charge in [0.2, 0.25) is 0 Å². The second-order valence-electron chi connectivity index (χ2n) is 2.86. The highest BCUT2D eigenvalue weighted by molar-refractivity contribution is 5.57. The standard InChI is InChI=1S/C10H8FNO/c1-7-2-3-8(9(11)6-7)10-4-5-12-13-10/h2-6H,1H3. The van der Waals surface area contributed by atoms with Crippen LogP contribution in [0.1, 0.15) is 5.56 Å². The molecule has 0 aliphatic heterocycles. The van der Waals surface area contributed by atoms with Crippen LogP contribution in [0.2, 0.25) is 0 Å². The summed E-state index contributed by atoms with van der Waals surface area (Å²) in [5.74, 6) is 0.175. The highest BCUT2D eigenvalue weighted by atomic mass is 19.1. The minimum Gasteiger partial charge on any atom is -0.356 e. The lowest BCUT2D eigenvalue weighted by molar-refractivity contribution is 0.430. The molecule has 0 aliphatic carbocycles. The molecule has 0 amide bonds. The molecule has 0 N–H and O–H groups in total. The van der Waals surface area contributed by atoms with Crippen molar-refractivity contribution in [3.8, 4) is 11.3 Å². The van der Waals surface area contributed by atoms with E-state index in [1.165, 1.54) is 12.3 Å². The maximum absolute atomic E-state index is 13.3. The molecular weight excluding hydrogens is 169 g/mol. The van der Waals surface area contributed by atoms with E-state index in [0.29, 0.717) is 11.3 Å². The van der Waals surface area contributed by atoms with Crippen LogP contribution in [0, 0.1) is 12.7 Å². The highest BCUT2D eigenvalue weighted by Gasteiger charge is 2.07. The van der Waals surface area contributed by atoms with Crippen LogP contribution < -0.4 is 0 Å².